The Balaban J connectivity index is 1.39. The van der Waals surface area contributed by atoms with Crippen LogP contribution in [0.3, 0.4) is 0 Å². The third kappa shape index (κ3) is 6.85. The number of allylic oxidation sites excluding steroid dienone is 2. The number of furan rings is 1. The van der Waals surface area contributed by atoms with Crippen LogP contribution < -0.4 is 33.2 Å². The van der Waals surface area contributed by atoms with Crippen molar-refractivity contribution in [1.82, 2.24) is 0 Å². The summed E-state index contributed by atoms with van der Waals surface area (Å²) in [6, 6.07) is 20.1. The quantitative estimate of drug-likeness (QED) is 0.0885. The molecule has 0 fully saturated rings. The Morgan fingerprint density at radius 1 is 0.632 bits per heavy atom. The summed E-state index contributed by atoms with van der Waals surface area (Å²) in [5, 5.41) is 0.716. The highest BCUT2D eigenvalue weighted by atomic mass is 16.7. The molecule has 0 spiro atoms. The van der Waals surface area contributed by atoms with Gasteiger partial charge in [0.05, 0.1) is 11.5 Å². The topological polar surface area (TPSA) is 163 Å². The van der Waals surface area contributed by atoms with Gasteiger partial charge in [-0.3, -0.25) is 24.0 Å². The molecule has 57 heavy (non-hydrogen) atoms. The SMILES string of the molecule is CC(=O)Oc1ccc2c(c1)O[C@]1(c3ccc(OC(C)=O)cc3OC(C)=O)Oc3cc(-c4cc5ccc(OC(C)=O)cc5o4)cc(OC(C)=O)c3[C@@H]3C=C(C)C[C@@H]2[C@@H]31. The summed E-state index contributed by atoms with van der Waals surface area (Å²) < 4.78 is 48.4. The van der Waals surface area contributed by atoms with Gasteiger partial charge in [-0.25, -0.2) is 0 Å². The van der Waals surface area contributed by atoms with Crippen molar-refractivity contribution < 1.29 is 61.5 Å². The van der Waals surface area contributed by atoms with E-state index in [1.807, 2.05) is 13.0 Å². The molecule has 0 unspecified atom stereocenters. The highest BCUT2D eigenvalue weighted by Gasteiger charge is 2.62. The van der Waals surface area contributed by atoms with Crippen LogP contribution in [-0.4, -0.2) is 29.8 Å². The van der Waals surface area contributed by atoms with E-state index in [2.05, 4.69) is 6.08 Å². The van der Waals surface area contributed by atoms with Crippen LogP contribution in [0.2, 0.25) is 0 Å². The van der Waals surface area contributed by atoms with Crippen LogP contribution in [0.1, 0.15) is 76.5 Å². The van der Waals surface area contributed by atoms with E-state index in [0.717, 1.165) is 11.1 Å². The number of fused-ring (bicyclic) bond motifs is 5. The van der Waals surface area contributed by atoms with Crippen LogP contribution in [0.4, 0.5) is 0 Å². The maximum Gasteiger partial charge on any atom is 0.308 e. The lowest BCUT2D eigenvalue weighted by Crippen LogP contribution is -2.56. The van der Waals surface area contributed by atoms with Crippen molar-refractivity contribution in [1.29, 1.82) is 0 Å². The van der Waals surface area contributed by atoms with Crippen molar-refractivity contribution in [2.75, 3.05) is 0 Å². The smallest absolute Gasteiger partial charge is 0.308 e. The van der Waals surface area contributed by atoms with Gasteiger partial charge in [-0.05, 0) is 67.4 Å². The summed E-state index contributed by atoms with van der Waals surface area (Å²) in [5.74, 6) is -3.93. The van der Waals surface area contributed by atoms with Crippen LogP contribution in [0.5, 0.6) is 40.2 Å². The fourth-order valence-corrected chi connectivity index (χ4v) is 8.22. The molecule has 0 N–H and O–H groups in total. The van der Waals surface area contributed by atoms with Crippen LogP contribution in [-0.2, 0) is 29.8 Å². The molecule has 1 aliphatic carbocycles. The molecule has 3 heterocycles. The van der Waals surface area contributed by atoms with E-state index in [0.29, 0.717) is 51.3 Å². The maximum absolute atomic E-state index is 12.8. The molecule has 13 heteroatoms. The van der Waals surface area contributed by atoms with Crippen LogP contribution in [0.15, 0.2) is 88.9 Å². The fourth-order valence-electron chi connectivity index (χ4n) is 8.22. The molecule has 0 saturated carbocycles. The van der Waals surface area contributed by atoms with Gasteiger partial charge in [0.1, 0.15) is 51.6 Å². The monoisotopic (exact) mass is 772 g/mol. The van der Waals surface area contributed by atoms with E-state index in [-0.39, 0.29) is 34.7 Å². The van der Waals surface area contributed by atoms with Crippen LogP contribution in [0.25, 0.3) is 22.3 Å². The molecule has 3 aliphatic rings. The van der Waals surface area contributed by atoms with Crippen molar-refractivity contribution in [2.24, 2.45) is 5.92 Å². The van der Waals surface area contributed by atoms with Crippen LogP contribution in [0, 0.1) is 5.92 Å². The number of benzene rings is 4. The molecule has 13 nitrogen and oxygen atoms in total. The van der Waals surface area contributed by atoms with E-state index in [1.54, 1.807) is 60.7 Å². The third-order valence-corrected chi connectivity index (χ3v) is 10.0. The zero-order chi connectivity index (χ0) is 40.3. The number of hydrogen-bond donors (Lipinski definition) is 0. The molecule has 1 aromatic heterocycles. The second-order valence-electron chi connectivity index (χ2n) is 14.3. The predicted molar refractivity (Wildman–Crippen MR) is 201 cm³/mol. The molecule has 5 aromatic rings. The number of carbonyl (C=O) groups is 5. The Kier molecular flexibility index (Phi) is 9.10. The lowest BCUT2D eigenvalue weighted by Gasteiger charge is -2.55. The lowest BCUT2D eigenvalue weighted by atomic mass is 9.61. The van der Waals surface area contributed by atoms with Crippen molar-refractivity contribution in [3.8, 4) is 51.6 Å². The van der Waals surface area contributed by atoms with Crippen molar-refractivity contribution >= 4 is 40.8 Å². The van der Waals surface area contributed by atoms with Gasteiger partial charge in [-0.15, -0.1) is 0 Å². The van der Waals surface area contributed by atoms with E-state index in [9.17, 15) is 24.0 Å². The second-order valence-corrected chi connectivity index (χ2v) is 14.3. The van der Waals surface area contributed by atoms with E-state index in [4.69, 9.17) is 37.6 Å². The summed E-state index contributed by atoms with van der Waals surface area (Å²) in [4.78, 5) is 61.1. The predicted octanol–water partition coefficient (Wildman–Crippen LogP) is 8.20. The largest absolute Gasteiger partial charge is 0.456 e. The van der Waals surface area contributed by atoms with Crippen molar-refractivity contribution in [3.05, 3.63) is 101 Å². The van der Waals surface area contributed by atoms with Gasteiger partial charge in [0.15, 0.2) is 0 Å². The minimum Gasteiger partial charge on any atom is -0.456 e. The zero-order valence-electron chi connectivity index (χ0n) is 31.8. The number of rotatable bonds is 7. The number of esters is 5. The molecular formula is C44H36O13. The minimum atomic E-state index is -1.75. The summed E-state index contributed by atoms with van der Waals surface area (Å²) in [7, 11) is 0. The second kappa shape index (κ2) is 14.0. The Morgan fingerprint density at radius 2 is 1.23 bits per heavy atom. The Morgan fingerprint density at radius 3 is 1.91 bits per heavy atom. The molecule has 4 atom stereocenters. The first-order chi connectivity index (χ1) is 27.2. The summed E-state index contributed by atoms with van der Waals surface area (Å²) in [6.07, 6.45) is 2.68. The number of ether oxygens (including phenoxy) is 7. The standard InChI is InChI=1S/C44H36O13/c1-21-13-33-32-11-9-30(51-23(3)46)19-38(32)56-44(35-12-10-31(52-24(4)47)20-39(35)53-25(5)48)43(33)34(14-21)42-40(54-26(6)49)16-28(17-41(42)57-44)36-15-27-7-8-29(50-22(2)45)18-37(27)55-36/h7-12,14-20,33-34,43H,13H2,1-6H3/t33-,34-,43-,44+/m0/s1. The van der Waals surface area contributed by atoms with Gasteiger partial charge in [0.2, 0.25) is 0 Å². The molecule has 0 radical (unpaired) electrons. The molecule has 8 rings (SSSR count). The maximum atomic E-state index is 12.8. The lowest BCUT2D eigenvalue weighted by molar-refractivity contribution is -0.198. The Labute approximate surface area is 326 Å². The summed E-state index contributed by atoms with van der Waals surface area (Å²) >= 11 is 0. The van der Waals surface area contributed by atoms with Crippen LogP contribution >= 0.6 is 0 Å². The third-order valence-electron chi connectivity index (χ3n) is 10.0. The first-order valence-corrected chi connectivity index (χ1v) is 18.1. The van der Waals surface area contributed by atoms with E-state index < -0.39 is 47.5 Å². The van der Waals surface area contributed by atoms with E-state index in [1.165, 1.54) is 40.7 Å². The van der Waals surface area contributed by atoms with Gasteiger partial charge in [0.25, 0.3) is 5.79 Å². The minimum absolute atomic E-state index is 0.0188. The molecule has 0 saturated heterocycles. The van der Waals surface area contributed by atoms with Crippen molar-refractivity contribution in [3.63, 3.8) is 0 Å². The molecular weight excluding hydrogens is 736 g/mol. The van der Waals surface area contributed by atoms with Gasteiger partial charge in [-0.2, -0.15) is 0 Å². The van der Waals surface area contributed by atoms with Crippen molar-refractivity contribution in [2.45, 2.75) is 65.6 Å². The average Bonchev–Trinajstić information content (AvgIpc) is 3.53. The number of hydrogen-bond acceptors (Lipinski definition) is 13. The Bertz CT molecular complexity index is 2580. The highest BCUT2D eigenvalue weighted by molar-refractivity contribution is 5.86. The summed E-state index contributed by atoms with van der Waals surface area (Å²) in [6.45, 7) is 8.44. The normalized spacial score (nSPS) is 20.0. The molecule has 290 valence electrons. The van der Waals surface area contributed by atoms with Gasteiger partial charge >= 0.3 is 29.8 Å². The average molecular weight is 773 g/mol. The zero-order valence-corrected chi connectivity index (χ0v) is 31.8. The van der Waals surface area contributed by atoms with Gasteiger partial charge in [-0.1, -0.05) is 17.7 Å². The van der Waals surface area contributed by atoms with Gasteiger partial charge < -0.3 is 37.6 Å². The first kappa shape index (κ1) is 37.1. The first-order valence-electron chi connectivity index (χ1n) is 18.1. The Hall–Kier alpha value is -6.89. The van der Waals surface area contributed by atoms with E-state index >= 15 is 0 Å². The summed E-state index contributed by atoms with van der Waals surface area (Å²) in [5.41, 5.74) is 3.68. The molecule has 0 amide bonds. The molecule has 0 bridgehead atoms. The fraction of sp³-hybridized carbons (Fsp3) is 0.250. The number of carbonyl (C=O) groups excluding carboxylic acids is 5. The van der Waals surface area contributed by atoms with Gasteiger partial charge in [0, 0.05) is 81.2 Å². The molecule has 4 aromatic carbocycles. The highest BCUT2D eigenvalue weighted by Crippen LogP contribution is 2.65. The molecule has 2 aliphatic heterocycles.